The van der Waals surface area contributed by atoms with E-state index in [1.54, 1.807) is 41.9 Å². The van der Waals surface area contributed by atoms with Gasteiger partial charge < -0.3 is 67.6 Å². The van der Waals surface area contributed by atoms with Gasteiger partial charge in [-0.05, 0) is 119 Å². The molecule has 19 nitrogen and oxygen atoms in total. The van der Waals surface area contributed by atoms with Crippen molar-refractivity contribution in [2.75, 3.05) is 100 Å². The van der Waals surface area contributed by atoms with E-state index in [1.807, 2.05) is 20.8 Å². The monoisotopic (exact) mass is 1260 g/mol. The Morgan fingerprint density at radius 2 is 0.518 bits per heavy atom. The van der Waals surface area contributed by atoms with Gasteiger partial charge in [0, 0.05) is 114 Å². The van der Waals surface area contributed by atoms with Crippen LogP contribution in [-0.2, 0) is 86.8 Å². The smallest absolute Gasteiger partial charge is 0.462 e. The minimum atomic E-state index is -2.72. The summed E-state index contributed by atoms with van der Waals surface area (Å²) in [6.07, 6.45) is 15.2. The van der Waals surface area contributed by atoms with E-state index in [0.717, 1.165) is 89.5 Å². The van der Waals surface area contributed by atoms with Gasteiger partial charge in [-0.15, -0.1) is 0 Å². The van der Waals surface area contributed by atoms with E-state index in [-0.39, 0.29) is 23.9 Å². The Bertz CT molecular complexity index is 1510. The Kier molecular flexibility index (Phi) is 62.3. The molecule has 0 amide bonds. The molecule has 23 heteroatoms. The molecule has 0 unspecified atom stereocenters. The van der Waals surface area contributed by atoms with E-state index >= 15 is 0 Å². The highest BCUT2D eigenvalue weighted by atomic mass is 28.4. The number of rotatable bonds is 52. The van der Waals surface area contributed by atoms with Gasteiger partial charge in [0.1, 0.15) is 0 Å². The first kappa shape index (κ1) is 86.7. The Hall–Kier alpha value is -2.73. The molecule has 0 aliphatic rings. The lowest BCUT2D eigenvalue weighted by atomic mass is 10.4. The fraction of sp³-hybridized carbons (Fsp3) is 0.800. The number of hydrogen-bond donors (Lipinski definition) is 0. The second-order valence-electron chi connectivity index (χ2n) is 19.6. The van der Waals surface area contributed by atoms with E-state index < -0.39 is 35.7 Å². The first-order chi connectivity index (χ1) is 39.6. The van der Waals surface area contributed by atoms with Crippen LogP contribution in [0.1, 0.15) is 193 Å². The third kappa shape index (κ3) is 51.1. The number of hydrogen-bond acceptors (Lipinski definition) is 19. The number of esters is 4. The maximum atomic E-state index is 11.5. The average molecular weight is 1260 g/mol. The van der Waals surface area contributed by atoms with Crippen molar-refractivity contribution in [1.29, 1.82) is 0 Å². The van der Waals surface area contributed by atoms with Crippen LogP contribution in [0.15, 0.2) is 48.6 Å². The first-order valence-electron chi connectivity index (χ1n) is 30.8. The summed E-state index contributed by atoms with van der Waals surface area (Å²) >= 11 is 0. The highest BCUT2D eigenvalue weighted by molar-refractivity contribution is 6.61. The third-order valence-corrected chi connectivity index (χ3v) is 22.2. The molecule has 0 saturated heterocycles. The van der Waals surface area contributed by atoms with E-state index in [9.17, 15) is 19.2 Å². The van der Waals surface area contributed by atoms with Crippen molar-refractivity contribution < 1.29 is 86.8 Å². The molecule has 0 heterocycles. The van der Waals surface area contributed by atoms with Crippen molar-refractivity contribution in [2.45, 2.75) is 217 Å². The molecule has 0 aromatic heterocycles. The predicted molar refractivity (Wildman–Crippen MR) is 339 cm³/mol. The maximum absolute atomic E-state index is 11.5. The molecule has 490 valence electrons. The van der Waals surface area contributed by atoms with Crippen LogP contribution < -0.4 is 0 Å². The summed E-state index contributed by atoms with van der Waals surface area (Å²) in [7, 11) is -6.26. The molecule has 0 aliphatic heterocycles. The molecule has 0 N–H and O–H groups in total. The summed E-state index contributed by atoms with van der Waals surface area (Å²) in [5.41, 5.74) is 1.67. The predicted octanol–water partition coefficient (Wildman–Crippen LogP) is 13.3. The minimum absolute atomic E-state index is 0.327. The molecule has 0 bridgehead atoms. The molecular formula is C60H120O19Si4. The molecule has 0 saturated carbocycles. The Balaban J connectivity index is -0.000000512. The molecule has 0 atom stereocenters. The summed E-state index contributed by atoms with van der Waals surface area (Å²) in [6, 6.07) is 2.84. The molecule has 0 radical (unpaired) electrons. The lowest BCUT2D eigenvalue weighted by molar-refractivity contribution is -0.139. The van der Waals surface area contributed by atoms with Gasteiger partial charge in [-0.2, -0.15) is 0 Å². The largest absolute Gasteiger partial charge is 0.501 e. The maximum Gasteiger partial charge on any atom is 0.501 e. The van der Waals surface area contributed by atoms with Crippen molar-refractivity contribution in [3.8, 4) is 0 Å². The van der Waals surface area contributed by atoms with Gasteiger partial charge in [0.25, 0.3) is 0 Å². The van der Waals surface area contributed by atoms with Gasteiger partial charge in [-0.3, -0.25) is 0 Å². The lowest BCUT2D eigenvalue weighted by Crippen LogP contribution is -2.47. The van der Waals surface area contributed by atoms with Crippen molar-refractivity contribution in [3.63, 3.8) is 0 Å². The summed E-state index contributed by atoms with van der Waals surface area (Å²) in [6.45, 7) is 46.4. The fourth-order valence-corrected chi connectivity index (χ4v) is 15.5. The Morgan fingerprint density at radius 1 is 0.313 bits per heavy atom. The molecule has 0 spiro atoms. The first-order valence-corrected chi connectivity index (χ1v) is 38.3. The van der Waals surface area contributed by atoms with Crippen LogP contribution in [0.25, 0.3) is 0 Å². The van der Waals surface area contributed by atoms with E-state index in [2.05, 4.69) is 67.9 Å². The highest BCUT2D eigenvalue weighted by Gasteiger charge is 2.42. The summed E-state index contributed by atoms with van der Waals surface area (Å²) < 4.78 is 84.6. The number of ether oxygens (including phenoxy) is 4. The minimum Gasteiger partial charge on any atom is -0.462 e. The van der Waals surface area contributed by atoms with Gasteiger partial charge in [0.05, 0.1) is 26.4 Å². The van der Waals surface area contributed by atoms with Crippen molar-refractivity contribution in [3.05, 3.63) is 48.6 Å². The van der Waals surface area contributed by atoms with Gasteiger partial charge in [-0.1, -0.05) is 106 Å². The summed E-state index contributed by atoms with van der Waals surface area (Å²) in [5, 5.41) is 0. The van der Waals surface area contributed by atoms with Crippen LogP contribution in [0.5, 0.6) is 0 Å². The molecule has 0 aromatic rings. The highest BCUT2D eigenvalue weighted by Crippen LogP contribution is 2.23. The fourth-order valence-electron chi connectivity index (χ4n) is 6.52. The van der Waals surface area contributed by atoms with Crippen molar-refractivity contribution >= 4 is 59.6 Å². The van der Waals surface area contributed by atoms with Crippen molar-refractivity contribution in [1.82, 2.24) is 0 Å². The zero-order valence-corrected chi connectivity index (χ0v) is 59.2. The lowest BCUT2D eigenvalue weighted by Gasteiger charge is -2.30. The third-order valence-electron chi connectivity index (χ3n) is 11.3. The van der Waals surface area contributed by atoms with Gasteiger partial charge in [0.15, 0.2) is 0 Å². The average Bonchev–Trinajstić information content (AvgIpc) is 3.47. The van der Waals surface area contributed by atoms with Crippen LogP contribution in [-0.4, -0.2) is 160 Å². The molecule has 0 fully saturated rings. The normalized spacial score (nSPS) is 11.3. The molecule has 83 heavy (non-hydrogen) atoms. The second-order valence-corrected chi connectivity index (χ2v) is 30.2. The molecular weight excluding hydrogens is 1140 g/mol. The zero-order chi connectivity index (χ0) is 63.6. The van der Waals surface area contributed by atoms with Crippen LogP contribution >= 0.6 is 0 Å². The van der Waals surface area contributed by atoms with Crippen molar-refractivity contribution in [2.24, 2.45) is 0 Å². The molecule has 0 aliphatic carbocycles. The Morgan fingerprint density at radius 3 is 0.699 bits per heavy atom. The Labute approximate surface area is 509 Å². The second kappa shape index (κ2) is 59.6. The summed E-state index contributed by atoms with van der Waals surface area (Å²) in [4.78, 5) is 45.2. The SMILES string of the molecule is C=C(C)C(=O)OCCC[SiH](OC)OC.C=C(C)C(=O)OCCC[Si](OCC)(OCC)OCC.C=C(C)C(=O)OCCC[Si](OCCCC)(OCCCC)OCCCC.C=C(C)C(=O)OCCC[Si](OCCCC)(OCCCC)OCCCC. The number of carbonyl (C=O) groups is 4. The topological polar surface area (TPSA) is 207 Å². The van der Waals surface area contributed by atoms with Crippen LogP contribution in [0.3, 0.4) is 0 Å². The standard InChI is InChI=1S/2C19H38O5Si.C13H26O5Si.C9H18O4Si/c2*1-6-9-14-22-25(23-15-10-7-2,24-16-11-8-3)17-12-13-21-19(20)18(4)5;1-6-16-19(17-7-2,18-8-3)11-9-10-15-13(14)12(4)5;1-8(2)9(10)13-6-5-7-14(11-3)12-4/h2*4,6-17H2,1-3,5H3;4,6-11H2,1-3,5H3;14H,1,5-7H2,2-4H3. The quantitative estimate of drug-likeness (QED) is 0.0182. The molecule has 0 rings (SSSR count). The van der Waals surface area contributed by atoms with E-state index in [1.165, 1.54) is 0 Å². The van der Waals surface area contributed by atoms with Gasteiger partial charge in [-0.25, -0.2) is 19.2 Å². The molecule has 0 aromatic carbocycles. The van der Waals surface area contributed by atoms with E-state index in [0.29, 0.717) is 146 Å². The van der Waals surface area contributed by atoms with Crippen LogP contribution in [0.2, 0.25) is 24.2 Å². The number of carbonyl (C=O) groups excluding carboxylic acids is 4. The van der Waals surface area contributed by atoms with Crippen LogP contribution in [0.4, 0.5) is 0 Å². The van der Waals surface area contributed by atoms with Crippen LogP contribution in [0, 0.1) is 0 Å². The van der Waals surface area contributed by atoms with Gasteiger partial charge >= 0.3 is 59.6 Å². The summed E-state index contributed by atoms with van der Waals surface area (Å²) in [5.74, 6) is -1.40. The number of unbranched alkanes of at least 4 members (excludes halogenated alkanes) is 6. The van der Waals surface area contributed by atoms with E-state index in [4.69, 9.17) is 67.6 Å². The van der Waals surface area contributed by atoms with Gasteiger partial charge in [0.2, 0.25) is 0 Å². The zero-order valence-electron chi connectivity index (χ0n) is 55.0.